The van der Waals surface area contributed by atoms with Crippen LogP contribution in [0.5, 0.6) is 11.5 Å². The normalized spacial score (nSPS) is 17.3. The van der Waals surface area contributed by atoms with Gasteiger partial charge in [0, 0.05) is 19.7 Å². The zero-order chi connectivity index (χ0) is 15.9. The lowest BCUT2D eigenvalue weighted by atomic mass is 10.2. The molecule has 0 amide bonds. The van der Waals surface area contributed by atoms with E-state index in [1.807, 2.05) is 30.3 Å². The van der Waals surface area contributed by atoms with Crippen LogP contribution in [0, 0.1) is 0 Å². The van der Waals surface area contributed by atoms with Gasteiger partial charge >= 0.3 is 0 Å². The SMILES string of the molecule is COc1ccc(CNC[C@H]2CCCO2)cc1OCc1ccco1. The molecule has 1 aromatic heterocycles. The standard InChI is InChI=1S/C18H23NO4/c1-20-17-7-6-14(11-19-12-15-4-2-8-21-15)10-18(17)23-13-16-5-3-9-22-16/h3,5-7,9-10,15,19H,2,4,8,11-13H2,1H3/t15-/m1/s1. The number of hydrogen-bond donors (Lipinski definition) is 1. The van der Waals surface area contributed by atoms with Crippen molar-refractivity contribution >= 4 is 0 Å². The Morgan fingerprint density at radius 3 is 2.96 bits per heavy atom. The number of benzene rings is 1. The molecule has 1 aliphatic heterocycles. The number of nitrogens with one attached hydrogen (secondary N) is 1. The van der Waals surface area contributed by atoms with Gasteiger partial charge in [-0.3, -0.25) is 0 Å². The third-order valence-electron chi connectivity index (χ3n) is 3.90. The molecule has 0 bridgehead atoms. The van der Waals surface area contributed by atoms with Crippen LogP contribution in [0.2, 0.25) is 0 Å². The molecule has 0 aliphatic carbocycles. The summed E-state index contributed by atoms with van der Waals surface area (Å²) in [6.45, 7) is 2.94. The lowest BCUT2D eigenvalue weighted by molar-refractivity contribution is 0.110. The lowest BCUT2D eigenvalue weighted by Gasteiger charge is -2.13. The van der Waals surface area contributed by atoms with Gasteiger partial charge in [-0.2, -0.15) is 0 Å². The second-order valence-corrected chi connectivity index (χ2v) is 5.62. The van der Waals surface area contributed by atoms with Crippen molar-refractivity contribution in [3.63, 3.8) is 0 Å². The zero-order valence-electron chi connectivity index (χ0n) is 13.4. The van der Waals surface area contributed by atoms with Gasteiger partial charge in [0.1, 0.15) is 12.4 Å². The van der Waals surface area contributed by atoms with Crippen LogP contribution in [0.3, 0.4) is 0 Å². The summed E-state index contributed by atoms with van der Waals surface area (Å²) in [5.74, 6) is 2.23. The van der Waals surface area contributed by atoms with Crippen LogP contribution in [0.25, 0.3) is 0 Å². The zero-order valence-corrected chi connectivity index (χ0v) is 13.4. The molecule has 5 nitrogen and oxygen atoms in total. The minimum atomic E-state index is 0.350. The molecule has 3 rings (SSSR count). The van der Waals surface area contributed by atoms with Crippen molar-refractivity contribution in [2.45, 2.75) is 32.1 Å². The van der Waals surface area contributed by atoms with Crippen molar-refractivity contribution in [1.82, 2.24) is 5.32 Å². The molecule has 5 heteroatoms. The number of methoxy groups -OCH3 is 1. The number of hydrogen-bond acceptors (Lipinski definition) is 5. The Kier molecular flexibility index (Phi) is 5.56. The first kappa shape index (κ1) is 15.9. The first-order chi connectivity index (χ1) is 11.3. The van der Waals surface area contributed by atoms with Crippen LogP contribution in [0.1, 0.15) is 24.2 Å². The quantitative estimate of drug-likeness (QED) is 0.810. The fourth-order valence-electron chi connectivity index (χ4n) is 2.67. The average Bonchev–Trinajstić information content (AvgIpc) is 3.27. The molecule has 2 heterocycles. The van der Waals surface area contributed by atoms with Crippen LogP contribution in [0.4, 0.5) is 0 Å². The van der Waals surface area contributed by atoms with Crippen molar-refractivity contribution in [3.05, 3.63) is 47.9 Å². The van der Waals surface area contributed by atoms with Gasteiger partial charge in [-0.1, -0.05) is 6.07 Å². The summed E-state index contributed by atoms with van der Waals surface area (Å²) in [5, 5.41) is 3.44. The van der Waals surface area contributed by atoms with E-state index in [9.17, 15) is 0 Å². The van der Waals surface area contributed by atoms with Gasteiger partial charge in [-0.25, -0.2) is 0 Å². The first-order valence-corrected chi connectivity index (χ1v) is 7.99. The highest BCUT2D eigenvalue weighted by molar-refractivity contribution is 5.43. The highest BCUT2D eigenvalue weighted by Crippen LogP contribution is 2.29. The van der Waals surface area contributed by atoms with E-state index in [0.29, 0.717) is 12.7 Å². The third-order valence-corrected chi connectivity index (χ3v) is 3.90. The van der Waals surface area contributed by atoms with Gasteiger partial charge in [0.2, 0.25) is 0 Å². The third kappa shape index (κ3) is 4.50. The molecular formula is C18H23NO4. The Labute approximate surface area is 136 Å². The molecule has 0 spiro atoms. The van der Waals surface area contributed by atoms with Crippen molar-refractivity contribution in [1.29, 1.82) is 0 Å². The molecule has 1 fully saturated rings. The van der Waals surface area contributed by atoms with Crippen molar-refractivity contribution in [2.75, 3.05) is 20.3 Å². The molecule has 0 radical (unpaired) electrons. The topological polar surface area (TPSA) is 52.9 Å². The Balaban J connectivity index is 1.56. The molecule has 0 unspecified atom stereocenters. The lowest BCUT2D eigenvalue weighted by Crippen LogP contribution is -2.25. The monoisotopic (exact) mass is 317 g/mol. The molecular weight excluding hydrogens is 294 g/mol. The van der Waals surface area contributed by atoms with E-state index < -0.39 is 0 Å². The summed E-state index contributed by atoms with van der Waals surface area (Å²) in [7, 11) is 1.64. The Bertz CT molecular complexity index is 591. The largest absolute Gasteiger partial charge is 0.493 e. The molecule has 2 aromatic rings. The predicted octanol–water partition coefficient (Wildman–Crippen LogP) is 3.14. The number of ether oxygens (including phenoxy) is 3. The molecule has 124 valence electrons. The summed E-state index contributed by atoms with van der Waals surface area (Å²) in [5.41, 5.74) is 1.15. The first-order valence-electron chi connectivity index (χ1n) is 7.99. The summed E-state index contributed by atoms with van der Waals surface area (Å²) in [4.78, 5) is 0. The Hall–Kier alpha value is -1.98. The summed E-state index contributed by atoms with van der Waals surface area (Å²) >= 11 is 0. The highest BCUT2D eigenvalue weighted by Gasteiger charge is 2.14. The van der Waals surface area contributed by atoms with Gasteiger partial charge in [0.15, 0.2) is 11.5 Å². The van der Waals surface area contributed by atoms with Crippen LogP contribution < -0.4 is 14.8 Å². The molecule has 1 aromatic carbocycles. The van der Waals surface area contributed by atoms with Crippen molar-refractivity contribution in [2.24, 2.45) is 0 Å². The number of furan rings is 1. The summed E-state index contributed by atoms with van der Waals surface area (Å²) < 4.78 is 22.1. The maximum atomic E-state index is 5.82. The minimum absolute atomic E-state index is 0.350. The minimum Gasteiger partial charge on any atom is -0.493 e. The van der Waals surface area contributed by atoms with E-state index in [-0.39, 0.29) is 0 Å². The fraction of sp³-hybridized carbons (Fsp3) is 0.444. The average molecular weight is 317 g/mol. The van der Waals surface area contributed by atoms with E-state index >= 15 is 0 Å². The Morgan fingerprint density at radius 2 is 2.22 bits per heavy atom. The second-order valence-electron chi connectivity index (χ2n) is 5.62. The highest BCUT2D eigenvalue weighted by atomic mass is 16.5. The van der Waals surface area contributed by atoms with Crippen LogP contribution in [-0.4, -0.2) is 26.4 Å². The molecule has 1 saturated heterocycles. The van der Waals surface area contributed by atoms with Crippen molar-refractivity contribution in [3.8, 4) is 11.5 Å². The van der Waals surface area contributed by atoms with Crippen molar-refractivity contribution < 1.29 is 18.6 Å². The summed E-state index contributed by atoms with van der Waals surface area (Å²) in [6, 6.07) is 9.72. The fourth-order valence-corrected chi connectivity index (χ4v) is 2.67. The van der Waals surface area contributed by atoms with E-state index in [1.165, 1.54) is 6.42 Å². The molecule has 1 N–H and O–H groups in total. The van der Waals surface area contributed by atoms with Crippen LogP contribution in [0.15, 0.2) is 41.0 Å². The van der Waals surface area contributed by atoms with E-state index in [2.05, 4.69) is 5.32 Å². The summed E-state index contributed by atoms with van der Waals surface area (Å²) in [6.07, 6.45) is 4.30. The molecule has 1 atom stereocenters. The Morgan fingerprint density at radius 1 is 1.26 bits per heavy atom. The second kappa shape index (κ2) is 8.04. The maximum Gasteiger partial charge on any atom is 0.162 e. The smallest absolute Gasteiger partial charge is 0.162 e. The van der Waals surface area contributed by atoms with Gasteiger partial charge < -0.3 is 23.9 Å². The van der Waals surface area contributed by atoms with Gasteiger partial charge in [-0.15, -0.1) is 0 Å². The van der Waals surface area contributed by atoms with E-state index in [0.717, 1.165) is 48.9 Å². The van der Waals surface area contributed by atoms with Crippen LogP contribution in [-0.2, 0) is 17.9 Å². The molecule has 1 aliphatic rings. The number of rotatable bonds is 8. The van der Waals surface area contributed by atoms with Gasteiger partial charge in [-0.05, 0) is 42.7 Å². The predicted molar refractivity (Wildman–Crippen MR) is 86.7 cm³/mol. The molecule has 23 heavy (non-hydrogen) atoms. The van der Waals surface area contributed by atoms with E-state index in [4.69, 9.17) is 18.6 Å². The van der Waals surface area contributed by atoms with E-state index in [1.54, 1.807) is 13.4 Å². The van der Waals surface area contributed by atoms with Gasteiger partial charge in [0.05, 0.1) is 19.5 Å². The van der Waals surface area contributed by atoms with Crippen LogP contribution >= 0.6 is 0 Å². The van der Waals surface area contributed by atoms with Gasteiger partial charge in [0.25, 0.3) is 0 Å². The molecule has 0 saturated carbocycles. The maximum absolute atomic E-state index is 5.82.